The molecule has 4 aromatic rings. The predicted octanol–water partition coefficient (Wildman–Crippen LogP) is 7.22. The summed E-state index contributed by atoms with van der Waals surface area (Å²) < 4.78 is 16.5. The fourth-order valence-electron chi connectivity index (χ4n) is 3.33. The van der Waals surface area contributed by atoms with E-state index in [0.29, 0.717) is 43.3 Å². The zero-order valence-corrected chi connectivity index (χ0v) is 22.8. The molecule has 1 amide bonds. The number of carbonyl (C=O) groups excluding carboxylic acids is 2. The number of hydrogen-bond donors (Lipinski definition) is 1. The van der Waals surface area contributed by atoms with Crippen molar-refractivity contribution in [3.8, 4) is 17.2 Å². The Morgan fingerprint density at radius 2 is 1.51 bits per heavy atom. The van der Waals surface area contributed by atoms with E-state index in [1.807, 2.05) is 0 Å². The summed E-state index contributed by atoms with van der Waals surface area (Å²) in [7, 11) is 1.45. The number of methoxy groups -OCH3 is 1. The number of nitrogens with zero attached hydrogens (tertiary/aromatic N) is 1. The normalized spacial score (nSPS) is 10.8. The first-order valence-electron chi connectivity index (χ1n) is 11.5. The van der Waals surface area contributed by atoms with Crippen LogP contribution in [0.15, 0.2) is 90.0 Å². The zero-order chi connectivity index (χ0) is 27.8. The lowest BCUT2D eigenvalue weighted by atomic mass is 10.2. The molecule has 0 aromatic heterocycles. The molecule has 0 atom stereocenters. The third-order valence-electron chi connectivity index (χ3n) is 5.38. The van der Waals surface area contributed by atoms with Crippen LogP contribution in [0.4, 0.5) is 0 Å². The number of rotatable bonds is 9. The van der Waals surface area contributed by atoms with E-state index in [4.69, 9.17) is 49.0 Å². The highest BCUT2D eigenvalue weighted by atomic mass is 35.5. The van der Waals surface area contributed by atoms with Crippen molar-refractivity contribution in [3.63, 3.8) is 0 Å². The van der Waals surface area contributed by atoms with E-state index in [0.717, 1.165) is 5.56 Å². The fourth-order valence-corrected chi connectivity index (χ4v) is 3.91. The molecule has 0 fully saturated rings. The first kappa shape index (κ1) is 28.0. The Labute approximate surface area is 239 Å². The van der Waals surface area contributed by atoms with Gasteiger partial charge in [-0.05, 0) is 84.4 Å². The second-order valence-corrected chi connectivity index (χ2v) is 9.33. The number of esters is 1. The minimum atomic E-state index is -0.552. The Balaban J connectivity index is 1.32. The maximum absolute atomic E-state index is 12.5. The minimum absolute atomic E-state index is 0.235. The van der Waals surface area contributed by atoms with E-state index in [9.17, 15) is 9.59 Å². The van der Waals surface area contributed by atoms with Crippen LogP contribution in [0.1, 0.15) is 31.8 Å². The lowest BCUT2D eigenvalue weighted by Gasteiger charge is -2.10. The monoisotopic (exact) mass is 582 g/mol. The lowest BCUT2D eigenvalue weighted by molar-refractivity contribution is 0.0729. The molecule has 198 valence electrons. The van der Waals surface area contributed by atoms with Crippen LogP contribution in [0.2, 0.25) is 15.1 Å². The Bertz CT molecular complexity index is 1510. The van der Waals surface area contributed by atoms with Gasteiger partial charge < -0.3 is 14.2 Å². The van der Waals surface area contributed by atoms with Crippen molar-refractivity contribution in [1.29, 1.82) is 0 Å². The Hall–Kier alpha value is -4.04. The lowest BCUT2D eigenvalue weighted by Crippen LogP contribution is -2.17. The molecule has 0 unspecified atom stereocenters. The first-order valence-corrected chi connectivity index (χ1v) is 12.6. The molecule has 7 nitrogen and oxygen atoms in total. The van der Waals surface area contributed by atoms with E-state index in [1.54, 1.807) is 84.9 Å². The second kappa shape index (κ2) is 13.2. The van der Waals surface area contributed by atoms with Gasteiger partial charge in [0.25, 0.3) is 5.91 Å². The number of ether oxygens (including phenoxy) is 3. The molecule has 0 heterocycles. The molecule has 0 aliphatic carbocycles. The number of hydrogen-bond acceptors (Lipinski definition) is 6. The molecule has 10 heteroatoms. The van der Waals surface area contributed by atoms with Crippen LogP contribution in [0.5, 0.6) is 17.2 Å². The van der Waals surface area contributed by atoms with Gasteiger partial charge in [-0.25, -0.2) is 10.2 Å². The number of halogens is 3. The van der Waals surface area contributed by atoms with Crippen LogP contribution in [0.3, 0.4) is 0 Å². The number of nitrogens with one attached hydrogen (secondary N) is 1. The summed E-state index contributed by atoms with van der Waals surface area (Å²) in [5.74, 6) is 0.176. The summed E-state index contributed by atoms with van der Waals surface area (Å²) >= 11 is 17.9. The summed E-state index contributed by atoms with van der Waals surface area (Å²) in [6, 6.07) is 23.0. The van der Waals surface area contributed by atoms with Crippen LogP contribution < -0.4 is 19.6 Å². The average molecular weight is 584 g/mol. The minimum Gasteiger partial charge on any atom is -0.493 e. The van der Waals surface area contributed by atoms with Gasteiger partial charge in [-0.15, -0.1) is 0 Å². The summed E-state index contributed by atoms with van der Waals surface area (Å²) in [6.45, 7) is 0.258. The summed E-state index contributed by atoms with van der Waals surface area (Å²) in [6.07, 6.45) is 1.44. The maximum atomic E-state index is 12.5. The van der Waals surface area contributed by atoms with Gasteiger partial charge in [0.1, 0.15) is 12.4 Å². The number of carbonyl (C=O) groups is 2. The van der Waals surface area contributed by atoms with Gasteiger partial charge in [0.2, 0.25) is 0 Å². The highest BCUT2D eigenvalue weighted by molar-refractivity contribution is 6.35. The molecule has 39 heavy (non-hydrogen) atoms. The first-order chi connectivity index (χ1) is 18.8. The molecule has 4 aromatic carbocycles. The van der Waals surface area contributed by atoms with Gasteiger partial charge in [-0.2, -0.15) is 5.10 Å². The molecule has 0 bridgehead atoms. The molecule has 0 radical (unpaired) electrons. The smallest absolute Gasteiger partial charge is 0.343 e. The molecule has 0 spiro atoms. The molecular formula is C29H21Cl3N2O5. The Kier molecular flexibility index (Phi) is 9.44. The summed E-state index contributed by atoms with van der Waals surface area (Å²) in [5, 5.41) is 5.58. The van der Waals surface area contributed by atoms with E-state index in [1.165, 1.54) is 13.3 Å². The van der Waals surface area contributed by atoms with Crippen LogP contribution in [-0.2, 0) is 6.61 Å². The van der Waals surface area contributed by atoms with E-state index in [2.05, 4.69) is 10.5 Å². The number of amides is 1. The van der Waals surface area contributed by atoms with Gasteiger partial charge in [-0.3, -0.25) is 4.79 Å². The summed E-state index contributed by atoms with van der Waals surface area (Å²) in [5.41, 5.74) is 4.62. The largest absolute Gasteiger partial charge is 0.493 e. The maximum Gasteiger partial charge on any atom is 0.343 e. The molecular weight excluding hydrogens is 563 g/mol. The van der Waals surface area contributed by atoms with Crippen LogP contribution in [0, 0.1) is 0 Å². The van der Waals surface area contributed by atoms with Gasteiger partial charge in [-0.1, -0.05) is 40.9 Å². The van der Waals surface area contributed by atoms with Crippen molar-refractivity contribution in [2.24, 2.45) is 5.10 Å². The molecule has 1 N–H and O–H groups in total. The average Bonchev–Trinajstić information content (AvgIpc) is 2.94. The number of benzene rings is 4. The van der Waals surface area contributed by atoms with Crippen LogP contribution in [-0.4, -0.2) is 25.2 Å². The van der Waals surface area contributed by atoms with Crippen molar-refractivity contribution in [1.82, 2.24) is 5.43 Å². The third-order valence-corrected chi connectivity index (χ3v) is 6.21. The van der Waals surface area contributed by atoms with E-state index in [-0.39, 0.29) is 12.4 Å². The van der Waals surface area contributed by atoms with Crippen LogP contribution >= 0.6 is 34.8 Å². The highest BCUT2D eigenvalue weighted by Crippen LogP contribution is 2.28. The number of hydrazone groups is 1. The topological polar surface area (TPSA) is 86.2 Å². The van der Waals surface area contributed by atoms with Crippen molar-refractivity contribution in [2.45, 2.75) is 6.61 Å². The standard InChI is InChI=1S/C29H21Cl3N2O5/c1-37-27-14-18(2-13-26(27)39-29(36)20-3-8-22(30)9-4-20)16-33-34-28(35)19-6-11-24(12-7-19)38-17-21-5-10-23(31)15-25(21)32/h2-16H,17H2,1H3,(H,34,35)/b33-16-. The van der Waals surface area contributed by atoms with Crippen molar-refractivity contribution in [3.05, 3.63) is 122 Å². The Morgan fingerprint density at radius 1 is 0.821 bits per heavy atom. The molecule has 0 aliphatic rings. The van der Waals surface area contributed by atoms with Crippen molar-refractivity contribution < 1.29 is 23.8 Å². The van der Waals surface area contributed by atoms with Crippen LogP contribution in [0.25, 0.3) is 0 Å². The molecule has 0 aliphatic heterocycles. The quantitative estimate of drug-likeness (QED) is 0.0973. The fraction of sp³-hybridized carbons (Fsp3) is 0.0690. The van der Waals surface area contributed by atoms with Crippen molar-refractivity contribution in [2.75, 3.05) is 7.11 Å². The molecule has 4 rings (SSSR count). The SMILES string of the molecule is COc1cc(/C=N\NC(=O)c2ccc(OCc3ccc(Cl)cc3Cl)cc2)ccc1OC(=O)c1ccc(Cl)cc1. The Morgan fingerprint density at radius 3 is 2.21 bits per heavy atom. The molecule has 0 saturated carbocycles. The van der Waals surface area contributed by atoms with Crippen molar-refractivity contribution >= 4 is 52.9 Å². The predicted molar refractivity (Wildman–Crippen MR) is 152 cm³/mol. The highest BCUT2D eigenvalue weighted by Gasteiger charge is 2.13. The third kappa shape index (κ3) is 7.74. The van der Waals surface area contributed by atoms with Gasteiger partial charge in [0.15, 0.2) is 11.5 Å². The van der Waals surface area contributed by atoms with Gasteiger partial charge >= 0.3 is 5.97 Å². The second-order valence-electron chi connectivity index (χ2n) is 8.05. The molecule has 0 saturated heterocycles. The zero-order valence-electron chi connectivity index (χ0n) is 20.5. The van der Waals surface area contributed by atoms with E-state index < -0.39 is 11.9 Å². The summed E-state index contributed by atoms with van der Waals surface area (Å²) in [4.78, 5) is 24.9. The van der Waals surface area contributed by atoms with E-state index >= 15 is 0 Å². The van der Waals surface area contributed by atoms with Gasteiger partial charge in [0.05, 0.1) is 18.9 Å². The van der Waals surface area contributed by atoms with Gasteiger partial charge in [0, 0.05) is 26.2 Å².